The molecule has 30 heavy (non-hydrogen) atoms. The first kappa shape index (κ1) is 22.6. The van der Waals surface area contributed by atoms with E-state index in [9.17, 15) is 4.79 Å². The molecule has 160 valence electrons. The van der Waals surface area contributed by atoms with Gasteiger partial charge in [0.1, 0.15) is 5.75 Å². The maximum absolute atomic E-state index is 13.1. The van der Waals surface area contributed by atoms with Crippen molar-refractivity contribution in [2.75, 3.05) is 44.9 Å². The third-order valence-corrected chi connectivity index (χ3v) is 6.85. The quantitative estimate of drug-likeness (QED) is 0.415. The van der Waals surface area contributed by atoms with Gasteiger partial charge in [0.25, 0.3) is 0 Å². The van der Waals surface area contributed by atoms with E-state index in [0.717, 1.165) is 44.7 Å². The normalized spacial score (nSPS) is 11.2. The lowest BCUT2D eigenvalue weighted by molar-refractivity contribution is -0.118. The monoisotopic (exact) mass is 443 g/mol. The van der Waals surface area contributed by atoms with Crippen molar-refractivity contribution in [3.63, 3.8) is 0 Å². The average molecular weight is 444 g/mol. The van der Waals surface area contributed by atoms with Crippen LogP contribution in [0.25, 0.3) is 10.2 Å². The van der Waals surface area contributed by atoms with E-state index < -0.39 is 0 Å². The van der Waals surface area contributed by atoms with Crippen LogP contribution in [0.5, 0.6) is 5.75 Å². The van der Waals surface area contributed by atoms with Crippen LogP contribution < -0.4 is 9.64 Å². The fraction of sp³-hybridized carbons (Fsp3) is 0.391. The predicted octanol–water partition coefficient (Wildman–Crippen LogP) is 4.94. The number of carbonyl (C=O) groups excluding carboxylic acids is 1. The Bertz CT molecular complexity index is 970. The number of aryl methyl sites for hydroxylation is 1. The summed E-state index contributed by atoms with van der Waals surface area (Å²) in [5.41, 5.74) is 2.25. The maximum Gasteiger partial charge on any atom is 0.229 e. The van der Waals surface area contributed by atoms with Gasteiger partial charge in [-0.3, -0.25) is 9.69 Å². The predicted molar refractivity (Wildman–Crippen MR) is 128 cm³/mol. The molecule has 0 spiro atoms. The Balaban J connectivity index is 1.69. The molecule has 5 nitrogen and oxygen atoms in total. The molecular weight excluding hydrogens is 414 g/mol. The van der Waals surface area contributed by atoms with Gasteiger partial charge in [-0.2, -0.15) is 0 Å². The molecule has 0 aliphatic rings. The second-order valence-corrected chi connectivity index (χ2v) is 9.45. The zero-order valence-corrected chi connectivity index (χ0v) is 19.7. The molecule has 0 bridgehead atoms. The summed E-state index contributed by atoms with van der Waals surface area (Å²) in [5.74, 6) is 1.69. The molecule has 7 heteroatoms. The molecule has 1 heterocycles. The number of ether oxygens (including phenoxy) is 1. The average Bonchev–Trinajstić information content (AvgIpc) is 3.16. The van der Waals surface area contributed by atoms with Gasteiger partial charge in [0, 0.05) is 30.2 Å². The summed E-state index contributed by atoms with van der Waals surface area (Å²) in [4.78, 5) is 22.9. The Morgan fingerprint density at radius 3 is 2.57 bits per heavy atom. The first-order chi connectivity index (χ1) is 14.5. The highest BCUT2D eigenvalue weighted by atomic mass is 32.2. The minimum Gasteiger partial charge on any atom is -0.497 e. The van der Waals surface area contributed by atoms with E-state index in [1.54, 1.807) is 30.2 Å². The summed E-state index contributed by atoms with van der Waals surface area (Å²) in [6.07, 6.45) is 1.47. The number of hydrogen-bond donors (Lipinski definition) is 0. The lowest BCUT2D eigenvalue weighted by Gasteiger charge is -2.22. The van der Waals surface area contributed by atoms with Crippen LogP contribution in [-0.4, -0.2) is 55.8 Å². The van der Waals surface area contributed by atoms with Crippen LogP contribution in [-0.2, 0) is 11.2 Å². The van der Waals surface area contributed by atoms with Gasteiger partial charge in [-0.1, -0.05) is 24.3 Å². The van der Waals surface area contributed by atoms with Crippen molar-refractivity contribution >= 4 is 44.4 Å². The SMILES string of the molecule is CCc1ccc2nc(N(CCN(C)C)C(=O)CCSc3ccc(OC)cc3)sc2c1. The molecule has 0 N–H and O–H groups in total. The molecular formula is C23H29N3O2S2. The number of amides is 1. The summed E-state index contributed by atoms with van der Waals surface area (Å²) in [5, 5.41) is 0.791. The second kappa shape index (κ2) is 10.8. The number of hydrogen-bond acceptors (Lipinski definition) is 6. The third kappa shape index (κ3) is 5.97. The molecule has 0 aliphatic heterocycles. The lowest BCUT2D eigenvalue weighted by Crippen LogP contribution is -2.36. The highest BCUT2D eigenvalue weighted by Crippen LogP contribution is 2.30. The molecule has 3 aromatic rings. The van der Waals surface area contributed by atoms with Crippen molar-refractivity contribution in [1.29, 1.82) is 0 Å². The molecule has 0 saturated carbocycles. The number of anilines is 1. The van der Waals surface area contributed by atoms with Gasteiger partial charge in [-0.05, 0) is 62.5 Å². The minimum absolute atomic E-state index is 0.118. The molecule has 1 amide bonds. The minimum atomic E-state index is 0.118. The number of aromatic nitrogens is 1. The van der Waals surface area contributed by atoms with E-state index in [1.165, 1.54) is 5.56 Å². The summed E-state index contributed by atoms with van der Waals surface area (Å²) in [6, 6.07) is 14.3. The zero-order valence-electron chi connectivity index (χ0n) is 18.1. The van der Waals surface area contributed by atoms with Crippen LogP contribution in [0.15, 0.2) is 47.4 Å². The second-order valence-electron chi connectivity index (χ2n) is 7.27. The number of nitrogens with zero attached hydrogens (tertiary/aromatic N) is 3. The molecule has 0 atom stereocenters. The van der Waals surface area contributed by atoms with Gasteiger partial charge in [0.05, 0.1) is 17.3 Å². The highest BCUT2D eigenvalue weighted by Gasteiger charge is 2.20. The summed E-state index contributed by atoms with van der Waals surface area (Å²) >= 11 is 3.29. The lowest BCUT2D eigenvalue weighted by atomic mass is 10.2. The molecule has 2 aromatic carbocycles. The fourth-order valence-electron chi connectivity index (χ4n) is 2.98. The number of fused-ring (bicyclic) bond motifs is 1. The van der Waals surface area contributed by atoms with E-state index in [1.807, 2.05) is 43.3 Å². The van der Waals surface area contributed by atoms with Crippen LogP contribution >= 0.6 is 23.1 Å². The van der Waals surface area contributed by atoms with Crippen molar-refractivity contribution < 1.29 is 9.53 Å². The first-order valence-electron chi connectivity index (χ1n) is 10.1. The van der Waals surface area contributed by atoms with Crippen LogP contribution in [0.3, 0.4) is 0 Å². The van der Waals surface area contributed by atoms with Crippen molar-refractivity contribution in [1.82, 2.24) is 9.88 Å². The van der Waals surface area contributed by atoms with Crippen LogP contribution in [0.4, 0.5) is 5.13 Å². The topological polar surface area (TPSA) is 45.7 Å². The van der Waals surface area contributed by atoms with Gasteiger partial charge >= 0.3 is 0 Å². The number of carbonyl (C=O) groups is 1. The Hall–Kier alpha value is -2.09. The van der Waals surface area contributed by atoms with Crippen molar-refractivity contribution in [3.8, 4) is 5.75 Å². The first-order valence-corrected chi connectivity index (χ1v) is 11.9. The summed E-state index contributed by atoms with van der Waals surface area (Å²) in [7, 11) is 5.70. The molecule has 0 unspecified atom stereocenters. The van der Waals surface area contributed by atoms with Crippen LogP contribution in [0.1, 0.15) is 18.9 Å². The van der Waals surface area contributed by atoms with E-state index in [4.69, 9.17) is 9.72 Å². The van der Waals surface area contributed by atoms with Crippen LogP contribution in [0.2, 0.25) is 0 Å². The molecule has 0 fully saturated rings. The van der Waals surface area contributed by atoms with Crippen molar-refractivity contribution in [3.05, 3.63) is 48.0 Å². The Kier molecular flexibility index (Phi) is 8.13. The Morgan fingerprint density at radius 1 is 1.13 bits per heavy atom. The Labute approximate surface area is 187 Å². The molecule has 0 radical (unpaired) electrons. The van der Waals surface area contributed by atoms with E-state index >= 15 is 0 Å². The highest BCUT2D eigenvalue weighted by molar-refractivity contribution is 7.99. The maximum atomic E-state index is 13.1. The van der Waals surface area contributed by atoms with Gasteiger partial charge in [0.15, 0.2) is 5.13 Å². The van der Waals surface area contributed by atoms with E-state index in [0.29, 0.717) is 13.0 Å². The van der Waals surface area contributed by atoms with Crippen molar-refractivity contribution in [2.24, 2.45) is 0 Å². The van der Waals surface area contributed by atoms with E-state index in [2.05, 4.69) is 30.0 Å². The summed E-state index contributed by atoms with van der Waals surface area (Å²) in [6.45, 7) is 3.59. The van der Waals surface area contributed by atoms with Gasteiger partial charge in [-0.15, -0.1) is 11.8 Å². The van der Waals surface area contributed by atoms with Gasteiger partial charge < -0.3 is 9.64 Å². The number of thiazole rings is 1. The van der Waals surface area contributed by atoms with Gasteiger partial charge in [0.2, 0.25) is 5.91 Å². The summed E-state index contributed by atoms with van der Waals surface area (Å²) < 4.78 is 6.34. The number of benzene rings is 2. The molecule has 0 aliphatic carbocycles. The molecule has 3 rings (SSSR count). The number of likely N-dealkylation sites (N-methyl/N-ethyl adjacent to an activating group) is 1. The number of methoxy groups -OCH3 is 1. The molecule has 0 saturated heterocycles. The fourth-order valence-corrected chi connectivity index (χ4v) is 4.90. The Morgan fingerprint density at radius 2 is 1.90 bits per heavy atom. The largest absolute Gasteiger partial charge is 0.497 e. The van der Waals surface area contributed by atoms with E-state index in [-0.39, 0.29) is 5.91 Å². The number of rotatable bonds is 10. The van der Waals surface area contributed by atoms with Crippen molar-refractivity contribution in [2.45, 2.75) is 24.7 Å². The number of thioether (sulfide) groups is 1. The zero-order chi connectivity index (χ0) is 21.5. The third-order valence-electron chi connectivity index (χ3n) is 4.80. The standard InChI is InChI=1S/C23H29N3O2S2/c1-5-17-6-11-20-21(16-17)30-23(24-20)26(14-13-25(2)3)22(27)12-15-29-19-9-7-18(28-4)8-10-19/h6-11,16H,5,12-15H2,1-4H3. The van der Waals surface area contributed by atoms with Crippen LogP contribution in [0, 0.1) is 0 Å². The molecule has 1 aromatic heterocycles. The van der Waals surface area contributed by atoms with Gasteiger partial charge in [-0.25, -0.2) is 4.98 Å². The smallest absolute Gasteiger partial charge is 0.229 e.